The second-order valence-electron chi connectivity index (χ2n) is 7.08. The van der Waals surface area contributed by atoms with Crippen molar-refractivity contribution >= 4 is 12.1 Å². The highest BCUT2D eigenvalue weighted by molar-refractivity contribution is 5.83. The van der Waals surface area contributed by atoms with E-state index in [1.54, 1.807) is 12.1 Å². The quantitative estimate of drug-likeness (QED) is 0.528. The zero-order chi connectivity index (χ0) is 20.5. The molecule has 154 valence electrons. The molecule has 0 aromatic heterocycles. The third-order valence-electron chi connectivity index (χ3n) is 4.98. The molecule has 1 aliphatic heterocycles. The standard InChI is InChI=1S/C22H28N4O3/c1-29-21-15-19(7-8-20(21)27)16-23-24-22(28)9-10-25-11-13-26(14-12-25)17-18-5-3-2-4-6-18/h2-8,15-16,27H,9-14,17H2,1H3,(H,24,28)/b23-16-. The molecule has 1 fully saturated rings. The Bertz CT molecular complexity index is 818. The molecule has 0 unspecified atom stereocenters. The van der Waals surface area contributed by atoms with Crippen molar-refractivity contribution in [3.8, 4) is 11.5 Å². The number of hydrazone groups is 1. The van der Waals surface area contributed by atoms with Crippen LogP contribution in [-0.2, 0) is 11.3 Å². The van der Waals surface area contributed by atoms with Crippen LogP contribution >= 0.6 is 0 Å². The number of hydrogen-bond acceptors (Lipinski definition) is 6. The smallest absolute Gasteiger partial charge is 0.241 e. The predicted octanol–water partition coefficient (Wildman–Crippen LogP) is 2.06. The average molecular weight is 396 g/mol. The molecule has 7 nitrogen and oxygen atoms in total. The first-order valence-electron chi connectivity index (χ1n) is 9.81. The summed E-state index contributed by atoms with van der Waals surface area (Å²) in [7, 11) is 1.49. The molecule has 1 aliphatic rings. The molecule has 3 rings (SSSR count). The number of nitrogens with one attached hydrogen (secondary N) is 1. The fraction of sp³-hybridized carbons (Fsp3) is 0.364. The van der Waals surface area contributed by atoms with Crippen molar-refractivity contribution in [3.63, 3.8) is 0 Å². The number of nitrogens with zero attached hydrogens (tertiary/aromatic N) is 3. The number of phenols is 1. The fourth-order valence-corrected chi connectivity index (χ4v) is 3.28. The third-order valence-corrected chi connectivity index (χ3v) is 4.98. The van der Waals surface area contributed by atoms with Crippen molar-refractivity contribution < 1.29 is 14.6 Å². The Hall–Kier alpha value is -2.90. The zero-order valence-electron chi connectivity index (χ0n) is 16.8. The van der Waals surface area contributed by atoms with E-state index >= 15 is 0 Å². The minimum Gasteiger partial charge on any atom is -0.504 e. The largest absolute Gasteiger partial charge is 0.504 e. The maximum absolute atomic E-state index is 12.0. The number of hydrogen-bond donors (Lipinski definition) is 2. The van der Waals surface area contributed by atoms with Crippen LogP contribution in [0.2, 0.25) is 0 Å². The van der Waals surface area contributed by atoms with Gasteiger partial charge in [-0.15, -0.1) is 0 Å². The van der Waals surface area contributed by atoms with Crippen molar-refractivity contribution in [1.82, 2.24) is 15.2 Å². The molecule has 1 amide bonds. The van der Waals surface area contributed by atoms with E-state index in [0.717, 1.165) is 44.8 Å². The maximum atomic E-state index is 12.0. The molecule has 0 aliphatic carbocycles. The number of amides is 1. The van der Waals surface area contributed by atoms with Crippen molar-refractivity contribution in [2.75, 3.05) is 39.8 Å². The van der Waals surface area contributed by atoms with Gasteiger partial charge in [-0.2, -0.15) is 5.10 Å². The Morgan fingerprint density at radius 2 is 1.86 bits per heavy atom. The Morgan fingerprint density at radius 3 is 2.59 bits per heavy atom. The highest BCUT2D eigenvalue weighted by atomic mass is 16.5. The van der Waals surface area contributed by atoms with E-state index in [0.29, 0.717) is 12.2 Å². The lowest BCUT2D eigenvalue weighted by molar-refractivity contribution is -0.121. The van der Waals surface area contributed by atoms with Crippen molar-refractivity contribution in [2.45, 2.75) is 13.0 Å². The summed E-state index contributed by atoms with van der Waals surface area (Å²) in [6, 6.07) is 15.4. The summed E-state index contributed by atoms with van der Waals surface area (Å²) in [5, 5.41) is 13.6. The second-order valence-corrected chi connectivity index (χ2v) is 7.08. The van der Waals surface area contributed by atoms with Gasteiger partial charge in [0.05, 0.1) is 13.3 Å². The van der Waals surface area contributed by atoms with Crippen LogP contribution in [0.5, 0.6) is 11.5 Å². The Balaban J connectivity index is 1.35. The van der Waals surface area contributed by atoms with Crippen molar-refractivity contribution in [3.05, 3.63) is 59.7 Å². The first-order valence-corrected chi connectivity index (χ1v) is 9.81. The lowest BCUT2D eigenvalue weighted by Gasteiger charge is -2.34. The molecule has 0 atom stereocenters. The molecule has 0 radical (unpaired) electrons. The van der Waals surface area contributed by atoms with Crippen LogP contribution in [-0.4, -0.2) is 66.9 Å². The molecule has 29 heavy (non-hydrogen) atoms. The Kier molecular flexibility index (Phi) is 7.61. The molecule has 0 bridgehead atoms. The van der Waals surface area contributed by atoms with Gasteiger partial charge in [0.2, 0.25) is 5.91 Å². The van der Waals surface area contributed by atoms with Crippen LogP contribution in [0.4, 0.5) is 0 Å². The van der Waals surface area contributed by atoms with Gasteiger partial charge in [0, 0.05) is 45.7 Å². The second kappa shape index (κ2) is 10.6. The van der Waals surface area contributed by atoms with Gasteiger partial charge in [0.15, 0.2) is 11.5 Å². The van der Waals surface area contributed by atoms with Gasteiger partial charge >= 0.3 is 0 Å². The van der Waals surface area contributed by atoms with Gasteiger partial charge in [-0.05, 0) is 29.3 Å². The molecule has 0 spiro atoms. The summed E-state index contributed by atoms with van der Waals surface area (Å²) in [5.41, 5.74) is 4.62. The molecule has 2 aromatic carbocycles. The molecule has 1 saturated heterocycles. The van der Waals surface area contributed by atoms with Crippen LogP contribution in [0.1, 0.15) is 17.5 Å². The summed E-state index contributed by atoms with van der Waals surface area (Å²) >= 11 is 0. The number of ether oxygens (including phenoxy) is 1. The topological polar surface area (TPSA) is 77.4 Å². The van der Waals surface area contributed by atoms with Crippen molar-refractivity contribution in [1.29, 1.82) is 0 Å². The SMILES string of the molecule is COc1cc(/C=N\NC(=O)CCN2CCN(Cc3ccccc3)CC2)ccc1O. The van der Waals surface area contributed by atoms with Gasteiger partial charge in [0.1, 0.15) is 0 Å². The summed E-state index contributed by atoms with van der Waals surface area (Å²) < 4.78 is 5.05. The highest BCUT2D eigenvalue weighted by Gasteiger charge is 2.17. The van der Waals surface area contributed by atoms with Crippen LogP contribution < -0.4 is 10.2 Å². The van der Waals surface area contributed by atoms with E-state index in [1.807, 2.05) is 6.07 Å². The highest BCUT2D eigenvalue weighted by Crippen LogP contribution is 2.25. The van der Waals surface area contributed by atoms with E-state index in [-0.39, 0.29) is 11.7 Å². The van der Waals surface area contributed by atoms with Crippen molar-refractivity contribution in [2.24, 2.45) is 5.10 Å². The number of phenolic OH excluding ortho intramolecular Hbond substituents is 1. The van der Waals surface area contributed by atoms with Gasteiger partial charge < -0.3 is 14.7 Å². The van der Waals surface area contributed by atoms with E-state index in [2.05, 4.69) is 44.6 Å². The molecule has 2 N–H and O–H groups in total. The summed E-state index contributed by atoms with van der Waals surface area (Å²) in [5.74, 6) is 0.322. The molecule has 2 aromatic rings. The lowest BCUT2D eigenvalue weighted by atomic mass is 10.2. The maximum Gasteiger partial charge on any atom is 0.241 e. The fourth-order valence-electron chi connectivity index (χ4n) is 3.28. The number of aromatic hydroxyl groups is 1. The predicted molar refractivity (Wildman–Crippen MR) is 113 cm³/mol. The minimum absolute atomic E-state index is 0.0672. The number of carbonyl (C=O) groups excluding carboxylic acids is 1. The summed E-state index contributed by atoms with van der Waals surface area (Å²) in [4.78, 5) is 16.8. The van der Waals surface area contributed by atoms with E-state index in [9.17, 15) is 9.90 Å². The van der Waals surface area contributed by atoms with Gasteiger partial charge in [-0.25, -0.2) is 5.43 Å². The number of rotatable bonds is 8. The molecular formula is C22H28N4O3. The molecule has 1 heterocycles. The first-order chi connectivity index (χ1) is 14.1. The Labute approximate surface area is 171 Å². The molecule has 7 heteroatoms. The number of piperazine rings is 1. The van der Waals surface area contributed by atoms with E-state index < -0.39 is 0 Å². The monoisotopic (exact) mass is 396 g/mol. The Morgan fingerprint density at radius 1 is 1.14 bits per heavy atom. The van der Waals surface area contributed by atoms with E-state index in [4.69, 9.17) is 4.74 Å². The minimum atomic E-state index is -0.112. The van der Waals surface area contributed by atoms with Gasteiger partial charge in [-0.1, -0.05) is 30.3 Å². The zero-order valence-corrected chi connectivity index (χ0v) is 16.8. The van der Waals surface area contributed by atoms with Crippen LogP contribution in [0.15, 0.2) is 53.6 Å². The summed E-state index contributed by atoms with van der Waals surface area (Å²) in [6.07, 6.45) is 1.94. The average Bonchev–Trinajstić information content (AvgIpc) is 2.75. The third kappa shape index (κ3) is 6.58. The molecular weight excluding hydrogens is 368 g/mol. The summed E-state index contributed by atoms with van der Waals surface area (Å²) in [6.45, 7) is 5.67. The first kappa shape index (κ1) is 20.8. The van der Waals surface area contributed by atoms with Crippen LogP contribution in [0.25, 0.3) is 0 Å². The normalized spacial score (nSPS) is 15.5. The number of methoxy groups -OCH3 is 1. The number of benzene rings is 2. The van der Waals surface area contributed by atoms with Gasteiger partial charge in [-0.3, -0.25) is 9.69 Å². The molecule has 0 saturated carbocycles. The van der Waals surface area contributed by atoms with Gasteiger partial charge in [0.25, 0.3) is 0 Å². The van der Waals surface area contributed by atoms with E-state index in [1.165, 1.54) is 25.0 Å². The number of carbonyl (C=O) groups is 1. The van der Waals surface area contributed by atoms with Crippen LogP contribution in [0.3, 0.4) is 0 Å². The lowest BCUT2D eigenvalue weighted by Crippen LogP contribution is -2.46. The van der Waals surface area contributed by atoms with Crippen LogP contribution in [0, 0.1) is 0 Å².